The summed E-state index contributed by atoms with van der Waals surface area (Å²) in [6.07, 6.45) is -5.11. The minimum Gasteiger partial charge on any atom is -0.469 e. The second kappa shape index (κ2) is 5.31. The highest BCUT2D eigenvalue weighted by atomic mass is 32.1. The number of hydrogen-bond donors (Lipinski definition) is 1. The number of carbonyl (C=O) groups excluding carboxylic acids is 1. The molecule has 0 amide bonds. The van der Waals surface area contributed by atoms with Gasteiger partial charge in [-0.1, -0.05) is 6.07 Å². The van der Waals surface area contributed by atoms with Crippen LogP contribution in [0.25, 0.3) is 0 Å². The summed E-state index contributed by atoms with van der Waals surface area (Å²) >= 11 is 3.90. The van der Waals surface area contributed by atoms with Crippen molar-refractivity contribution in [2.75, 3.05) is 7.11 Å². The lowest BCUT2D eigenvalue weighted by atomic mass is 10.1. The van der Waals surface area contributed by atoms with Crippen LogP contribution in [0.4, 0.5) is 13.2 Å². The smallest absolute Gasteiger partial charge is 0.469 e. The number of esters is 1. The zero-order valence-corrected chi connectivity index (χ0v) is 9.64. The number of rotatable bonds is 3. The van der Waals surface area contributed by atoms with E-state index in [0.717, 1.165) is 13.2 Å². The van der Waals surface area contributed by atoms with Crippen LogP contribution in [0.2, 0.25) is 0 Å². The minimum atomic E-state index is -4.81. The number of alkyl halides is 3. The van der Waals surface area contributed by atoms with Gasteiger partial charge in [-0.15, -0.1) is 25.8 Å². The van der Waals surface area contributed by atoms with E-state index in [0.29, 0.717) is 4.90 Å². The van der Waals surface area contributed by atoms with E-state index >= 15 is 0 Å². The first-order valence-corrected chi connectivity index (χ1v) is 4.91. The van der Waals surface area contributed by atoms with Gasteiger partial charge in [-0.25, -0.2) is 0 Å². The maximum Gasteiger partial charge on any atom is 0.573 e. The number of hydrogen-bond acceptors (Lipinski definition) is 4. The first-order chi connectivity index (χ1) is 7.81. The molecule has 0 heterocycles. The molecule has 0 atom stereocenters. The maximum atomic E-state index is 12.1. The van der Waals surface area contributed by atoms with Crippen LogP contribution in [-0.2, 0) is 16.0 Å². The van der Waals surface area contributed by atoms with Crippen molar-refractivity contribution in [3.8, 4) is 5.75 Å². The molecule has 0 spiro atoms. The molecular weight excluding hydrogens is 257 g/mol. The lowest BCUT2D eigenvalue weighted by Gasteiger charge is -2.13. The first kappa shape index (κ1) is 13.7. The number of methoxy groups -OCH3 is 1. The van der Waals surface area contributed by atoms with E-state index in [4.69, 9.17) is 0 Å². The molecule has 17 heavy (non-hydrogen) atoms. The highest BCUT2D eigenvalue weighted by Gasteiger charge is 2.32. The number of halogens is 3. The summed E-state index contributed by atoms with van der Waals surface area (Å²) in [6.45, 7) is 0. The third-order valence-corrected chi connectivity index (χ3v) is 2.12. The summed E-state index contributed by atoms with van der Waals surface area (Å²) in [5.74, 6) is -1.10. The molecule has 0 fully saturated rings. The van der Waals surface area contributed by atoms with Crippen LogP contribution in [0.1, 0.15) is 5.56 Å². The van der Waals surface area contributed by atoms with Gasteiger partial charge in [-0.2, -0.15) is 0 Å². The monoisotopic (exact) mass is 266 g/mol. The molecule has 7 heteroatoms. The predicted octanol–water partition coefficient (Wildman–Crippen LogP) is 2.59. The molecule has 0 radical (unpaired) electrons. The van der Waals surface area contributed by atoms with Gasteiger partial charge >= 0.3 is 12.3 Å². The first-order valence-electron chi connectivity index (χ1n) is 4.46. The van der Waals surface area contributed by atoms with Crippen molar-refractivity contribution < 1.29 is 27.4 Å². The Hall–Kier alpha value is -1.37. The van der Waals surface area contributed by atoms with E-state index in [1.165, 1.54) is 12.1 Å². The zero-order chi connectivity index (χ0) is 13.1. The van der Waals surface area contributed by atoms with E-state index in [9.17, 15) is 18.0 Å². The Morgan fingerprint density at radius 2 is 2.06 bits per heavy atom. The number of carbonyl (C=O) groups is 1. The predicted molar refractivity (Wildman–Crippen MR) is 56.1 cm³/mol. The highest BCUT2D eigenvalue weighted by molar-refractivity contribution is 7.80. The third-order valence-electron chi connectivity index (χ3n) is 1.84. The second-order valence-electron chi connectivity index (χ2n) is 3.09. The molecule has 0 N–H and O–H groups in total. The Balaban J connectivity index is 2.99. The van der Waals surface area contributed by atoms with Crippen LogP contribution >= 0.6 is 12.6 Å². The van der Waals surface area contributed by atoms with Gasteiger partial charge in [0.2, 0.25) is 0 Å². The molecule has 0 aromatic heterocycles. The molecule has 0 aliphatic carbocycles. The van der Waals surface area contributed by atoms with Crippen molar-refractivity contribution >= 4 is 18.6 Å². The van der Waals surface area contributed by atoms with Crippen molar-refractivity contribution in [2.24, 2.45) is 0 Å². The van der Waals surface area contributed by atoms with Crippen molar-refractivity contribution in [1.29, 1.82) is 0 Å². The Morgan fingerprint density at radius 1 is 1.41 bits per heavy atom. The van der Waals surface area contributed by atoms with Crippen LogP contribution in [0.3, 0.4) is 0 Å². The van der Waals surface area contributed by atoms with Crippen molar-refractivity contribution in [3.05, 3.63) is 23.8 Å². The fourth-order valence-corrected chi connectivity index (χ4v) is 1.33. The fourth-order valence-electron chi connectivity index (χ4n) is 1.14. The van der Waals surface area contributed by atoms with Gasteiger partial charge in [-0.3, -0.25) is 4.79 Å². The third kappa shape index (κ3) is 4.56. The molecular formula is C10H9F3O3S. The van der Waals surface area contributed by atoms with Gasteiger partial charge in [0.1, 0.15) is 5.75 Å². The molecule has 0 unspecified atom stereocenters. The van der Waals surface area contributed by atoms with Gasteiger partial charge in [0, 0.05) is 10.5 Å². The molecule has 94 valence electrons. The van der Waals surface area contributed by atoms with Crippen LogP contribution in [0.15, 0.2) is 23.1 Å². The Morgan fingerprint density at radius 3 is 2.59 bits per heavy atom. The quantitative estimate of drug-likeness (QED) is 0.674. The molecule has 0 saturated heterocycles. The van der Waals surface area contributed by atoms with E-state index in [2.05, 4.69) is 22.1 Å². The highest BCUT2D eigenvalue weighted by Crippen LogP contribution is 2.29. The molecule has 1 aromatic rings. The Bertz CT molecular complexity index is 418. The average molecular weight is 266 g/mol. The largest absolute Gasteiger partial charge is 0.573 e. The second-order valence-corrected chi connectivity index (χ2v) is 3.61. The van der Waals surface area contributed by atoms with Gasteiger partial charge in [-0.05, 0) is 12.1 Å². The summed E-state index contributed by atoms with van der Waals surface area (Å²) in [6, 6.07) is 3.89. The van der Waals surface area contributed by atoms with Crippen molar-refractivity contribution in [3.63, 3.8) is 0 Å². The van der Waals surface area contributed by atoms with Gasteiger partial charge < -0.3 is 9.47 Å². The number of ether oxygens (including phenoxy) is 2. The molecule has 1 rings (SSSR count). The van der Waals surface area contributed by atoms with Gasteiger partial charge in [0.15, 0.2) is 0 Å². The Kier molecular flexibility index (Phi) is 4.28. The fraction of sp³-hybridized carbons (Fsp3) is 0.300. The average Bonchev–Trinajstić information content (AvgIpc) is 2.19. The maximum absolute atomic E-state index is 12.1. The summed E-state index contributed by atoms with van der Waals surface area (Å²) in [7, 11) is 1.15. The van der Waals surface area contributed by atoms with E-state index in [1.54, 1.807) is 0 Å². The molecule has 0 saturated carbocycles. The number of benzene rings is 1. The van der Waals surface area contributed by atoms with Crippen LogP contribution in [-0.4, -0.2) is 19.4 Å². The summed E-state index contributed by atoms with van der Waals surface area (Å²) in [4.78, 5) is 11.3. The van der Waals surface area contributed by atoms with E-state index in [-0.39, 0.29) is 12.0 Å². The molecule has 0 aliphatic heterocycles. The molecule has 3 nitrogen and oxygen atoms in total. The minimum absolute atomic E-state index is 0.0898. The Labute approximate surface area is 101 Å². The van der Waals surface area contributed by atoms with Crippen LogP contribution in [0.5, 0.6) is 5.75 Å². The van der Waals surface area contributed by atoms with Crippen LogP contribution in [0, 0.1) is 0 Å². The van der Waals surface area contributed by atoms with Crippen LogP contribution < -0.4 is 4.74 Å². The van der Waals surface area contributed by atoms with Crippen molar-refractivity contribution in [1.82, 2.24) is 0 Å². The van der Waals surface area contributed by atoms with Gasteiger partial charge in [0.05, 0.1) is 13.5 Å². The zero-order valence-electron chi connectivity index (χ0n) is 8.75. The normalized spacial score (nSPS) is 11.1. The topological polar surface area (TPSA) is 35.5 Å². The summed E-state index contributed by atoms with van der Waals surface area (Å²) < 4.78 is 44.5. The van der Waals surface area contributed by atoms with E-state index in [1.807, 2.05) is 0 Å². The SMILES string of the molecule is COC(=O)Cc1ccc(S)cc1OC(F)(F)F. The standard InChI is InChI=1S/C10H9F3O3S/c1-15-9(14)4-6-2-3-7(17)5-8(6)16-10(11,12)13/h2-3,5,17H,4H2,1H3. The van der Waals surface area contributed by atoms with Crippen molar-refractivity contribution in [2.45, 2.75) is 17.7 Å². The molecule has 0 aliphatic rings. The lowest BCUT2D eigenvalue weighted by Crippen LogP contribution is -2.19. The number of thiol groups is 1. The summed E-state index contributed by atoms with van der Waals surface area (Å²) in [5.41, 5.74) is 0.0898. The van der Waals surface area contributed by atoms with Gasteiger partial charge in [0.25, 0.3) is 0 Å². The molecule has 0 bridgehead atoms. The van der Waals surface area contributed by atoms with E-state index < -0.39 is 18.1 Å². The molecule has 1 aromatic carbocycles. The summed E-state index contributed by atoms with van der Waals surface area (Å²) in [5, 5.41) is 0. The lowest BCUT2D eigenvalue weighted by molar-refractivity contribution is -0.275.